The average molecular weight is 543 g/mol. The van der Waals surface area contributed by atoms with Crippen LogP contribution in [-0.4, -0.2) is 76.7 Å². The molecule has 0 bridgehead atoms. The number of guanidine groups is 1. The van der Waals surface area contributed by atoms with E-state index in [4.69, 9.17) is 16.3 Å². The summed E-state index contributed by atoms with van der Waals surface area (Å²) < 4.78 is 28.8. The summed E-state index contributed by atoms with van der Waals surface area (Å²) in [4.78, 5) is 6.63. The van der Waals surface area contributed by atoms with Gasteiger partial charge in [-0.2, -0.15) is 0 Å². The van der Waals surface area contributed by atoms with E-state index in [1.54, 1.807) is 7.05 Å². The molecular formula is C18H28ClIN4O3S. The van der Waals surface area contributed by atoms with Gasteiger partial charge in [0, 0.05) is 37.7 Å². The Kier molecular flexibility index (Phi) is 9.26. The highest BCUT2D eigenvalue weighted by atomic mass is 127. The Balaban J connectivity index is 0.00000280. The van der Waals surface area contributed by atoms with E-state index in [-0.39, 0.29) is 47.6 Å². The van der Waals surface area contributed by atoms with Crippen molar-refractivity contribution in [1.29, 1.82) is 0 Å². The Hall–Kier alpha value is -0.620. The zero-order chi connectivity index (χ0) is 19.3. The first-order valence-electron chi connectivity index (χ1n) is 9.22. The van der Waals surface area contributed by atoms with Gasteiger partial charge in [-0.3, -0.25) is 9.89 Å². The monoisotopic (exact) mass is 542 g/mol. The molecule has 0 aromatic heterocycles. The van der Waals surface area contributed by atoms with Crippen LogP contribution in [0.15, 0.2) is 29.3 Å². The molecule has 0 amide bonds. The molecule has 1 aromatic carbocycles. The average Bonchev–Trinajstić information content (AvgIpc) is 3.00. The minimum absolute atomic E-state index is 0. The van der Waals surface area contributed by atoms with Gasteiger partial charge in [-0.15, -0.1) is 24.0 Å². The van der Waals surface area contributed by atoms with Gasteiger partial charge in [0.2, 0.25) is 0 Å². The second-order valence-electron chi connectivity index (χ2n) is 6.92. The third-order valence-corrected chi connectivity index (χ3v) is 6.98. The first kappa shape index (κ1) is 23.7. The van der Waals surface area contributed by atoms with Crippen LogP contribution in [0.5, 0.6) is 0 Å². The fraction of sp³-hybridized carbons (Fsp3) is 0.611. The molecule has 2 unspecified atom stereocenters. The van der Waals surface area contributed by atoms with Crippen LogP contribution in [0.25, 0.3) is 0 Å². The first-order chi connectivity index (χ1) is 13.0. The van der Waals surface area contributed by atoms with Crippen molar-refractivity contribution in [1.82, 2.24) is 15.5 Å². The van der Waals surface area contributed by atoms with Crippen molar-refractivity contribution in [2.24, 2.45) is 4.99 Å². The standard InChI is InChI=1S/C18H27ClN4O3S.HI/c1-20-18(22-16-5-10-27(24,25)13-16)21-12-17(23-6-8-26-9-7-23)14-3-2-4-15(19)11-14;/h2-4,11,16-17H,5-10,12-13H2,1H3,(H2,20,21,22);1H. The van der Waals surface area contributed by atoms with Gasteiger partial charge < -0.3 is 15.4 Å². The van der Waals surface area contributed by atoms with Gasteiger partial charge in [0.1, 0.15) is 0 Å². The maximum absolute atomic E-state index is 11.7. The molecule has 2 aliphatic rings. The van der Waals surface area contributed by atoms with Gasteiger partial charge in [0.05, 0.1) is 30.8 Å². The molecule has 0 aliphatic carbocycles. The molecule has 2 fully saturated rings. The molecule has 1 aromatic rings. The largest absolute Gasteiger partial charge is 0.379 e. The molecule has 2 N–H and O–H groups in total. The summed E-state index contributed by atoms with van der Waals surface area (Å²) in [5.41, 5.74) is 1.13. The zero-order valence-corrected chi connectivity index (χ0v) is 19.8. The number of benzene rings is 1. The van der Waals surface area contributed by atoms with Crippen molar-refractivity contribution in [2.75, 3.05) is 51.4 Å². The quantitative estimate of drug-likeness (QED) is 0.335. The van der Waals surface area contributed by atoms with E-state index in [0.29, 0.717) is 37.2 Å². The van der Waals surface area contributed by atoms with Crippen LogP contribution in [0.1, 0.15) is 18.0 Å². The lowest BCUT2D eigenvalue weighted by atomic mass is 10.0. The molecule has 158 valence electrons. The Morgan fingerprint density at radius 3 is 2.75 bits per heavy atom. The molecule has 7 nitrogen and oxygen atoms in total. The number of sulfone groups is 1. The summed E-state index contributed by atoms with van der Waals surface area (Å²) in [6.45, 7) is 3.77. The van der Waals surface area contributed by atoms with Crippen LogP contribution >= 0.6 is 35.6 Å². The van der Waals surface area contributed by atoms with Crippen LogP contribution in [0.2, 0.25) is 5.02 Å². The van der Waals surface area contributed by atoms with Crippen LogP contribution in [-0.2, 0) is 14.6 Å². The van der Waals surface area contributed by atoms with Gasteiger partial charge >= 0.3 is 0 Å². The number of ether oxygens (including phenoxy) is 1. The molecule has 2 atom stereocenters. The van der Waals surface area contributed by atoms with E-state index in [1.807, 2.05) is 18.2 Å². The smallest absolute Gasteiger partial charge is 0.191 e. The van der Waals surface area contributed by atoms with Crippen LogP contribution in [0, 0.1) is 0 Å². The lowest BCUT2D eigenvalue weighted by Gasteiger charge is -2.35. The summed E-state index contributed by atoms with van der Waals surface area (Å²) in [6.07, 6.45) is 0.615. The molecule has 0 saturated carbocycles. The van der Waals surface area contributed by atoms with Crippen molar-refractivity contribution in [3.8, 4) is 0 Å². The highest BCUT2D eigenvalue weighted by Crippen LogP contribution is 2.24. The Labute approximate surface area is 189 Å². The van der Waals surface area contributed by atoms with Gasteiger partial charge in [-0.1, -0.05) is 23.7 Å². The predicted octanol–water partition coefficient (Wildman–Crippen LogP) is 1.68. The van der Waals surface area contributed by atoms with Crippen molar-refractivity contribution in [2.45, 2.75) is 18.5 Å². The molecule has 28 heavy (non-hydrogen) atoms. The van der Waals surface area contributed by atoms with Crippen molar-refractivity contribution >= 4 is 51.4 Å². The van der Waals surface area contributed by atoms with E-state index in [2.05, 4.69) is 26.6 Å². The van der Waals surface area contributed by atoms with Crippen LogP contribution < -0.4 is 10.6 Å². The minimum Gasteiger partial charge on any atom is -0.379 e. The molecular weight excluding hydrogens is 515 g/mol. The lowest BCUT2D eigenvalue weighted by molar-refractivity contribution is 0.0170. The molecule has 3 rings (SSSR count). The Morgan fingerprint density at radius 2 is 2.14 bits per heavy atom. The number of rotatable bonds is 5. The highest BCUT2D eigenvalue weighted by molar-refractivity contribution is 14.0. The Morgan fingerprint density at radius 1 is 1.39 bits per heavy atom. The lowest BCUT2D eigenvalue weighted by Crippen LogP contribution is -2.48. The van der Waals surface area contributed by atoms with E-state index in [0.717, 1.165) is 18.7 Å². The van der Waals surface area contributed by atoms with Crippen molar-refractivity contribution < 1.29 is 13.2 Å². The minimum atomic E-state index is -2.93. The SMILES string of the molecule is CN=C(NCC(c1cccc(Cl)c1)N1CCOCC1)NC1CCS(=O)(=O)C1.I. The molecule has 10 heteroatoms. The molecule has 0 spiro atoms. The maximum Gasteiger partial charge on any atom is 0.191 e. The first-order valence-corrected chi connectivity index (χ1v) is 11.4. The molecule has 0 radical (unpaired) electrons. The summed E-state index contributed by atoms with van der Waals surface area (Å²) in [5, 5.41) is 7.30. The molecule has 2 saturated heterocycles. The number of nitrogens with one attached hydrogen (secondary N) is 2. The Bertz CT molecular complexity index is 772. The van der Waals surface area contributed by atoms with Gasteiger partial charge in [-0.25, -0.2) is 8.42 Å². The van der Waals surface area contributed by atoms with E-state index in [9.17, 15) is 8.42 Å². The van der Waals surface area contributed by atoms with E-state index >= 15 is 0 Å². The normalized spacial score (nSPS) is 23.6. The number of hydrogen-bond acceptors (Lipinski definition) is 5. The summed E-state index contributed by atoms with van der Waals surface area (Å²) in [7, 11) is -1.23. The van der Waals surface area contributed by atoms with Gasteiger partial charge in [-0.05, 0) is 24.1 Å². The summed E-state index contributed by atoms with van der Waals surface area (Å²) in [6, 6.07) is 7.93. The van der Waals surface area contributed by atoms with E-state index in [1.165, 1.54) is 0 Å². The second-order valence-corrected chi connectivity index (χ2v) is 9.58. The fourth-order valence-corrected chi connectivity index (χ4v) is 5.42. The third kappa shape index (κ3) is 6.72. The molecule has 2 heterocycles. The number of nitrogens with zero attached hydrogens (tertiary/aromatic N) is 2. The fourth-order valence-electron chi connectivity index (χ4n) is 3.55. The number of aliphatic imine (C=N–C) groups is 1. The van der Waals surface area contributed by atoms with Crippen molar-refractivity contribution in [3.63, 3.8) is 0 Å². The summed E-state index contributed by atoms with van der Waals surface area (Å²) >= 11 is 6.20. The number of morpholine rings is 1. The van der Waals surface area contributed by atoms with Gasteiger partial charge in [0.25, 0.3) is 0 Å². The van der Waals surface area contributed by atoms with Gasteiger partial charge in [0.15, 0.2) is 15.8 Å². The zero-order valence-electron chi connectivity index (χ0n) is 15.9. The summed E-state index contributed by atoms with van der Waals surface area (Å²) in [5.74, 6) is 1.02. The van der Waals surface area contributed by atoms with Crippen LogP contribution in [0.4, 0.5) is 0 Å². The topological polar surface area (TPSA) is 83.0 Å². The van der Waals surface area contributed by atoms with Crippen molar-refractivity contribution in [3.05, 3.63) is 34.9 Å². The number of halogens is 2. The third-order valence-electron chi connectivity index (χ3n) is 4.98. The maximum atomic E-state index is 11.7. The van der Waals surface area contributed by atoms with Crippen LogP contribution in [0.3, 0.4) is 0 Å². The molecule has 2 aliphatic heterocycles. The second kappa shape index (κ2) is 11.0. The van der Waals surface area contributed by atoms with E-state index < -0.39 is 9.84 Å². The number of hydrogen-bond donors (Lipinski definition) is 2. The highest BCUT2D eigenvalue weighted by Gasteiger charge is 2.29. The predicted molar refractivity (Wildman–Crippen MR) is 124 cm³/mol.